The summed E-state index contributed by atoms with van der Waals surface area (Å²) >= 11 is 0. The average molecular weight is 216 g/mol. The van der Waals surface area contributed by atoms with Gasteiger partial charge in [-0.25, -0.2) is 0 Å². The van der Waals surface area contributed by atoms with Crippen LogP contribution in [0.4, 0.5) is 0 Å². The summed E-state index contributed by atoms with van der Waals surface area (Å²) in [6.45, 7) is 3.33. The van der Waals surface area contributed by atoms with Crippen LogP contribution >= 0.6 is 0 Å². The molecule has 0 unspecified atom stereocenters. The number of Topliss-reactive ketones (excluding diaryl/α,β-unsaturated/α-hetero) is 1. The predicted octanol–water partition coefficient (Wildman–Crippen LogP) is 1.61. The Balaban J connectivity index is 1.81. The molecule has 1 atom stereocenters. The number of nitrogens with zero attached hydrogens (tertiary/aromatic N) is 2. The van der Waals surface area contributed by atoms with Gasteiger partial charge in [0.15, 0.2) is 5.78 Å². The van der Waals surface area contributed by atoms with E-state index in [9.17, 15) is 4.79 Å². The molecule has 0 N–H and O–H groups in total. The van der Waals surface area contributed by atoms with Gasteiger partial charge in [0, 0.05) is 30.4 Å². The van der Waals surface area contributed by atoms with Crippen molar-refractivity contribution in [1.82, 2.24) is 9.88 Å². The lowest BCUT2D eigenvalue weighted by molar-refractivity contribution is 0.0419. The zero-order valence-electron chi connectivity index (χ0n) is 9.30. The molecule has 3 aliphatic heterocycles. The Kier molecular flexibility index (Phi) is 2.48. The fraction of sp³-hybridized carbons (Fsp3) is 0.538. The minimum Gasteiger partial charge on any atom is -0.303 e. The fourth-order valence-corrected chi connectivity index (χ4v) is 2.99. The molecule has 16 heavy (non-hydrogen) atoms. The molecule has 0 spiro atoms. The Morgan fingerprint density at radius 2 is 1.94 bits per heavy atom. The Morgan fingerprint density at radius 1 is 1.25 bits per heavy atom. The summed E-state index contributed by atoms with van der Waals surface area (Å²) in [6, 6.07) is 3.67. The molecule has 3 nitrogen and oxygen atoms in total. The van der Waals surface area contributed by atoms with E-state index in [1.54, 1.807) is 12.4 Å². The van der Waals surface area contributed by atoms with Crippen molar-refractivity contribution < 1.29 is 4.79 Å². The number of aromatic nitrogens is 1. The first-order valence-corrected chi connectivity index (χ1v) is 6.01. The Bertz CT molecular complexity index is 382. The second-order valence-electron chi connectivity index (χ2n) is 4.84. The average Bonchev–Trinajstić information content (AvgIpc) is 2.40. The fourth-order valence-electron chi connectivity index (χ4n) is 2.99. The smallest absolute Gasteiger partial charge is 0.167 e. The highest BCUT2D eigenvalue weighted by Gasteiger charge is 2.38. The molecule has 3 aliphatic rings. The number of ketones is 1. The van der Waals surface area contributed by atoms with Crippen LogP contribution in [0.25, 0.3) is 0 Å². The molecule has 0 aliphatic carbocycles. The predicted molar refractivity (Wildman–Crippen MR) is 61.2 cm³/mol. The molecule has 1 aromatic rings. The van der Waals surface area contributed by atoms with Gasteiger partial charge in [0.05, 0.1) is 0 Å². The molecule has 2 bridgehead atoms. The quantitative estimate of drug-likeness (QED) is 0.704. The molecular weight excluding hydrogens is 200 g/mol. The maximum Gasteiger partial charge on any atom is 0.167 e. The summed E-state index contributed by atoms with van der Waals surface area (Å²) in [5.74, 6) is 1.16. The van der Waals surface area contributed by atoms with E-state index in [1.165, 1.54) is 25.9 Å². The van der Waals surface area contributed by atoms with Crippen molar-refractivity contribution in [3.05, 3.63) is 30.1 Å². The summed E-state index contributed by atoms with van der Waals surface area (Å²) < 4.78 is 0. The van der Waals surface area contributed by atoms with Crippen LogP contribution < -0.4 is 0 Å². The van der Waals surface area contributed by atoms with Crippen molar-refractivity contribution >= 4 is 5.78 Å². The van der Waals surface area contributed by atoms with Crippen LogP contribution in [0.3, 0.4) is 0 Å². The van der Waals surface area contributed by atoms with Gasteiger partial charge in [-0.3, -0.25) is 9.78 Å². The second kappa shape index (κ2) is 3.98. The highest BCUT2D eigenvalue weighted by Crippen LogP contribution is 2.34. The molecular formula is C13H16N2O. The van der Waals surface area contributed by atoms with Crippen molar-refractivity contribution in [3.8, 4) is 0 Å². The number of fused-ring (bicyclic) bond motifs is 3. The number of piperidine rings is 3. The first kappa shape index (κ1) is 9.97. The molecule has 3 heteroatoms. The molecule has 1 aromatic heterocycles. The molecule has 4 heterocycles. The number of hydrogen-bond donors (Lipinski definition) is 0. The van der Waals surface area contributed by atoms with E-state index in [4.69, 9.17) is 0 Å². The van der Waals surface area contributed by atoms with Gasteiger partial charge in [-0.05, 0) is 44.0 Å². The minimum atomic E-state index is 0.227. The van der Waals surface area contributed by atoms with E-state index in [0.29, 0.717) is 11.7 Å². The number of carbonyl (C=O) groups excluding carboxylic acids is 1. The van der Waals surface area contributed by atoms with Gasteiger partial charge in [-0.1, -0.05) is 0 Å². The number of pyridine rings is 1. The third-order valence-corrected chi connectivity index (χ3v) is 3.96. The van der Waals surface area contributed by atoms with Gasteiger partial charge in [-0.2, -0.15) is 0 Å². The van der Waals surface area contributed by atoms with Crippen molar-refractivity contribution in [1.29, 1.82) is 0 Å². The van der Waals surface area contributed by atoms with Crippen molar-refractivity contribution in [2.45, 2.75) is 12.8 Å². The van der Waals surface area contributed by atoms with Crippen molar-refractivity contribution in [2.24, 2.45) is 11.8 Å². The monoisotopic (exact) mass is 216 g/mol. The largest absolute Gasteiger partial charge is 0.303 e. The van der Waals surface area contributed by atoms with Crippen LogP contribution in [0, 0.1) is 11.8 Å². The summed E-state index contributed by atoms with van der Waals surface area (Å²) in [5, 5.41) is 0. The third-order valence-electron chi connectivity index (χ3n) is 3.96. The van der Waals surface area contributed by atoms with Crippen LogP contribution in [0.5, 0.6) is 0 Å². The first-order chi connectivity index (χ1) is 7.84. The topological polar surface area (TPSA) is 33.2 Å². The summed E-state index contributed by atoms with van der Waals surface area (Å²) in [7, 11) is 0. The van der Waals surface area contributed by atoms with Crippen LogP contribution in [0.15, 0.2) is 24.5 Å². The Labute approximate surface area is 95.5 Å². The second-order valence-corrected chi connectivity index (χ2v) is 4.84. The van der Waals surface area contributed by atoms with E-state index < -0.39 is 0 Å². The van der Waals surface area contributed by atoms with E-state index in [2.05, 4.69) is 9.88 Å². The zero-order chi connectivity index (χ0) is 11.0. The van der Waals surface area contributed by atoms with E-state index in [-0.39, 0.29) is 5.92 Å². The van der Waals surface area contributed by atoms with Gasteiger partial charge < -0.3 is 4.90 Å². The normalized spacial score (nSPS) is 32.6. The van der Waals surface area contributed by atoms with E-state index in [1.807, 2.05) is 12.1 Å². The van der Waals surface area contributed by atoms with Gasteiger partial charge in [-0.15, -0.1) is 0 Å². The zero-order valence-corrected chi connectivity index (χ0v) is 9.30. The third kappa shape index (κ3) is 1.65. The molecule has 0 saturated carbocycles. The summed E-state index contributed by atoms with van der Waals surface area (Å²) in [5.41, 5.74) is 0.828. The van der Waals surface area contributed by atoms with E-state index in [0.717, 1.165) is 12.1 Å². The van der Waals surface area contributed by atoms with Crippen LogP contribution in [-0.2, 0) is 0 Å². The highest BCUT2D eigenvalue weighted by atomic mass is 16.1. The number of hydrogen-bond acceptors (Lipinski definition) is 3. The molecule has 84 valence electrons. The first-order valence-electron chi connectivity index (χ1n) is 6.01. The molecule has 4 rings (SSSR count). The van der Waals surface area contributed by atoms with Crippen molar-refractivity contribution in [3.63, 3.8) is 0 Å². The lowest BCUT2D eigenvalue weighted by atomic mass is 9.75. The van der Waals surface area contributed by atoms with Crippen LogP contribution in [0.2, 0.25) is 0 Å². The molecule has 3 fully saturated rings. The van der Waals surface area contributed by atoms with Crippen molar-refractivity contribution in [2.75, 3.05) is 19.6 Å². The molecule has 3 saturated heterocycles. The Morgan fingerprint density at radius 3 is 2.50 bits per heavy atom. The van der Waals surface area contributed by atoms with Crippen LogP contribution in [-0.4, -0.2) is 35.3 Å². The summed E-state index contributed by atoms with van der Waals surface area (Å²) in [4.78, 5) is 18.7. The maximum absolute atomic E-state index is 12.3. The van der Waals surface area contributed by atoms with E-state index >= 15 is 0 Å². The standard InChI is InChI=1S/C13H16N2O/c16-13(11-1-5-14-6-2-11)12-9-15-7-3-10(12)4-8-15/h1-2,5-6,10,12H,3-4,7-9H2/t12-/m0/s1. The van der Waals surface area contributed by atoms with Gasteiger partial charge in [0.25, 0.3) is 0 Å². The minimum absolute atomic E-state index is 0.227. The van der Waals surface area contributed by atoms with Crippen LogP contribution in [0.1, 0.15) is 23.2 Å². The lowest BCUT2D eigenvalue weighted by Gasteiger charge is -2.44. The highest BCUT2D eigenvalue weighted by molar-refractivity contribution is 5.98. The van der Waals surface area contributed by atoms with Gasteiger partial charge in [0.1, 0.15) is 0 Å². The Hall–Kier alpha value is -1.22. The SMILES string of the molecule is O=C(c1ccncc1)[C@H]1CN2CCC1CC2. The summed E-state index contributed by atoms with van der Waals surface area (Å²) in [6.07, 6.45) is 5.80. The van der Waals surface area contributed by atoms with Gasteiger partial charge in [0.2, 0.25) is 0 Å². The molecule has 0 aromatic carbocycles. The maximum atomic E-state index is 12.3. The lowest BCUT2D eigenvalue weighted by Crippen LogP contribution is -2.50. The molecule has 0 radical (unpaired) electrons. The number of carbonyl (C=O) groups is 1. The molecule has 0 amide bonds. The number of rotatable bonds is 2. The van der Waals surface area contributed by atoms with Gasteiger partial charge >= 0.3 is 0 Å².